The molecule has 1 aromatic carbocycles. The maximum atomic E-state index is 13.2. The van der Waals surface area contributed by atoms with Crippen molar-refractivity contribution in [2.75, 3.05) is 52.4 Å². The van der Waals surface area contributed by atoms with E-state index in [-0.39, 0.29) is 23.7 Å². The Labute approximate surface area is 210 Å². The SMILES string of the molecule is CCNC(=O)N1CCN(CC2=C(C(=O)OCC)C(c3cccc(Cl)c3Cl)NC(=O)N2CC)CC1. The molecule has 11 heteroatoms. The highest BCUT2D eigenvalue weighted by atomic mass is 35.5. The highest BCUT2D eigenvalue weighted by molar-refractivity contribution is 6.42. The average molecular weight is 512 g/mol. The number of esters is 1. The molecular weight excluding hydrogens is 481 g/mol. The van der Waals surface area contributed by atoms with Crippen LogP contribution in [0.3, 0.4) is 0 Å². The van der Waals surface area contributed by atoms with Gasteiger partial charge in [-0.2, -0.15) is 0 Å². The fraction of sp³-hybridized carbons (Fsp3) is 0.522. The first-order chi connectivity index (χ1) is 16.3. The van der Waals surface area contributed by atoms with Gasteiger partial charge in [-0.05, 0) is 32.4 Å². The predicted octanol–water partition coefficient (Wildman–Crippen LogP) is 3.24. The summed E-state index contributed by atoms with van der Waals surface area (Å²) in [5, 5.41) is 6.32. The molecule has 1 saturated heterocycles. The van der Waals surface area contributed by atoms with E-state index in [9.17, 15) is 14.4 Å². The van der Waals surface area contributed by atoms with Crippen molar-refractivity contribution in [3.63, 3.8) is 0 Å². The molecule has 0 saturated carbocycles. The number of rotatable bonds is 7. The molecule has 2 aliphatic rings. The van der Waals surface area contributed by atoms with E-state index in [0.29, 0.717) is 67.7 Å². The molecular formula is C23H31Cl2N5O4. The quantitative estimate of drug-likeness (QED) is 0.548. The zero-order valence-corrected chi connectivity index (χ0v) is 21.2. The number of carbonyl (C=O) groups excluding carboxylic acids is 3. The molecule has 4 amide bonds. The first-order valence-electron chi connectivity index (χ1n) is 11.5. The Balaban J connectivity index is 1.97. The molecule has 0 radical (unpaired) electrons. The van der Waals surface area contributed by atoms with Crippen molar-refractivity contribution in [2.45, 2.75) is 26.8 Å². The first kappa shape index (κ1) is 26.1. The lowest BCUT2D eigenvalue weighted by molar-refractivity contribution is -0.139. The second-order valence-electron chi connectivity index (χ2n) is 7.95. The van der Waals surface area contributed by atoms with Gasteiger partial charge in [-0.25, -0.2) is 14.4 Å². The molecule has 1 atom stereocenters. The number of nitrogens with one attached hydrogen (secondary N) is 2. The summed E-state index contributed by atoms with van der Waals surface area (Å²) in [4.78, 5) is 43.9. The van der Waals surface area contributed by atoms with E-state index in [0.717, 1.165) is 0 Å². The van der Waals surface area contributed by atoms with Crippen LogP contribution >= 0.6 is 23.2 Å². The van der Waals surface area contributed by atoms with Gasteiger partial charge in [0.25, 0.3) is 0 Å². The van der Waals surface area contributed by atoms with Crippen molar-refractivity contribution in [1.29, 1.82) is 0 Å². The number of nitrogens with zero attached hydrogens (tertiary/aromatic N) is 3. The van der Waals surface area contributed by atoms with Crippen LogP contribution in [0.2, 0.25) is 10.0 Å². The number of ether oxygens (including phenoxy) is 1. The zero-order valence-electron chi connectivity index (χ0n) is 19.7. The molecule has 0 aromatic heterocycles. The number of piperazine rings is 1. The predicted molar refractivity (Wildman–Crippen MR) is 131 cm³/mol. The van der Waals surface area contributed by atoms with Crippen LogP contribution in [0.4, 0.5) is 9.59 Å². The van der Waals surface area contributed by atoms with Crippen molar-refractivity contribution in [3.8, 4) is 0 Å². The summed E-state index contributed by atoms with van der Waals surface area (Å²) in [6.07, 6.45) is 0. The normalized spacial score (nSPS) is 19.2. The van der Waals surface area contributed by atoms with Gasteiger partial charge in [0.15, 0.2) is 0 Å². The van der Waals surface area contributed by atoms with E-state index >= 15 is 0 Å². The molecule has 0 aliphatic carbocycles. The van der Waals surface area contributed by atoms with Crippen molar-refractivity contribution >= 4 is 41.2 Å². The average Bonchev–Trinajstić information content (AvgIpc) is 2.81. The van der Waals surface area contributed by atoms with Crippen molar-refractivity contribution in [1.82, 2.24) is 25.3 Å². The third-order valence-corrected chi connectivity index (χ3v) is 6.74. The third-order valence-electron chi connectivity index (χ3n) is 5.90. The number of likely N-dealkylation sites (N-methyl/N-ethyl adjacent to an activating group) is 1. The summed E-state index contributed by atoms with van der Waals surface area (Å²) >= 11 is 12.7. The monoisotopic (exact) mass is 511 g/mol. The van der Waals surface area contributed by atoms with Gasteiger partial charge < -0.3 is 20.3 Å². The molecule has 3 rings (SSSR count). The molecule has 0 spiro atoms. The highest BCUT2D eigenvalue weighted by Crippen LogP contribution is 2.37. The van der Waals surface area contributed by atoms with Crippen molar-refractivity contribution in [3.05, 3.63) is 45.1 Å². The van der Waals surface area contributed by atoms with Gasteiger partial charge in [0.05, 0.1) is 28.3 Å². The number of hydrogen-bond donors (Lipinski definition) is 2. The fourth-order valence-electron chi connectivity index (χ4n) is 4.22. The number of amides is 4. The molecule has 0 bridgehead atoms. The minimum absolute atomic E-state index is 0.0866. The molecule has 1 aromatic rings. The molecule has 2 aliphatic heterocycles. The second kappa shape index (κ2) is 11.8. The summed E-state index contributed by atoms with van der Waals surface area (Å²) < 4.78 is 5.40. The molecule has 1 unspecified atom stereocenters. The van der Waals surface area contributed by atoms with Crippen LogP contribution in [0, 0.1) is 0 Å². The van der Waals surface area contributed by atoms with Crippen molar-refractivity contribution < 1.29 is 19.1 Å². The topological polar surface area (TPSA) is 94.2 Å². The van der Waals surface area contributed by atoms with E-state index in [2.05, 4.69) is 15.5 Å². The smallest absolute Gasteiger partial charge is 0.338 e. The Bertz CT molecular complexity index is 963. The van der Waals surface area contributed by atoms with Gasteiger partial charge in [0.1, 0.15) is 0 Å². The Morgan fingerprint density at radius 2 is 1.85 bits per heavy atom. The molecule has 34 heavy (non-hydrogen) atoms. The lowest BCUT2D eigenvalue weighted by Gasteiger charge is -2.40. The largest absolute Gasteiger partial charge is 0.463 e. The molecule has 186 valence electrons. The van der Waals surface area contributed by atoms with E-state index in [1.54, 1.807) is 34.9 Å². The maximum Gasteiger partial charge on any atom is 0.338 e. The molecule has 2 heterocycles. The number of urea groups is 2. The van der Waals surface area contributed by atoms with E-state index in [4.69, 9.17) is 27.9 Å². The van der Waals surface area contributed by atoms with Crippen LogP contribution < -0.4 is 10.6 Å². The van der Waals surface area contributed by atoms with Crippen molar-refractivity contribution in [2.24, 2.45) is 0 Å². The van der Waals surface area contributed by atoms with Crippen LogP contribution in [0.15, 0.2) is 29.5 Å². The third kappa shape index (κ3) is 5.59. The lowest BCUT2D eigenvalue weighted by atomic mass is 9.94. The first-order valence-corrected chi connectivity index (χ1v) is 12.2. The Kier molecular flexibility index (Phi) is 9.04. The van der Waals surface area contributed by atoms with Gasteiger partial charge in [0.2, 0.25) is 0 Å². The van der Waals surface area contributed by atoms with Gasteiger partial charge in [-0.15, -0.1) is 0 Å². The number of halogens is 2. The van der Waals surface area contributed by atoms with Crippen LogP contribution in [0.25, 0.3) is 0 Å². The van der Waals surface area contributed by atoms with Crippen LogP contribution in [0.1, 0.15) is 32.4 Å². The molecule has 1 fully saturated rings. The number of hydrogen-bond acceptors (Lipinski definition) is 5. The molecule has 2 N–H and O–H groups in total. The fourth-order valence-corrected chi connectivity index (χ4v) is 4.64. The Hall–Kier alpha value is -2.49. The van der Waals surface area contributed by atoms with E-state index in [1.165, 1.54) is 0 Å². The van der Waals surface area contributed by atoms with Crippen LogP contribution in [0.5, 0.6) is 0 Å². The summed E-state index contributed by atoms with van der Waals surface area (Å²) in [6, 6.07) is 3.91. The molecule has 9 nitrogen and oxygen atoms in total. The maximum absolute atomic E-state index is 13.2. The Morgan fingerprint density at radius 3 is 2.47 bits per heavy atom. The standard InChI is InChI=1S/C23H31Cl2N5O4/c1-4-26-22(32)29-12-10-28(11-13-29)14-17-18(21(31)34-6-3)20(27-23(33)30(17)5-2)15-8-7-9-16(24)19(15)25/h7-9,20H,4-6,10-14H2,1-3H3,(H,26,32)(H,27,33). The van der Waals surface area contributed by atoms with Gasteiger partial charge in [-0.1, -0.05) is 35.3 Å². The summed E-state index contributed by atoms with van der Waals surface area (Å²) in [5.74, 6) is -0.516. The summed E-state index contributed by atoms with van der Waals surface area (Å²) in [7, 11) is 0. The van der Waals surface area contributed by atoms with Gasteiger partial charge >= 0.3 is 18.0 Å². The lowest BCUT2D eigenvalue weighted by Crippen LogP contribution is -2.55. The van der Waals surface area contributed by atoms with E-state index < -0.39 is 12.0 Å². The zero-order chi connectivity index (χ0) is 24.8. The summed E-state index contributed by atoms with van der Waals surface area (Å²) in [5.41, 5.74) is 1.43. The van der Waals surface area contributed by atoms with E-state index in [1.807, 2.05) is 13.8 Å². The number of benzene rings is 1. The number of carbonyl (C=O) groups is 3. The van der Waals surface area contributed by atoms with Gasteiger partial charge in [-0.3, -0.25) is 9.80 Å². The van der Waals surface area contributed by atoms with Gasteiger partial charge in [0, 0.05) is 51.5 Å². The van der Waals surface area contributed by atoms with Crippen LogP contribution in [-0.4, -0.2) is 85.2 Å². The minimum atomic E-state index is -0.799. The summed E-state index contributed by atoms with van der Waals surface area (Å²) in [6.45, 7) is 9.28. The second-order valence-corrected chi connectivity index (χ2v) is 8.73. The highest BCUT2D eigenvalue weighted by Gasteiger charge is 2.39. The van der Waals surface area contributed by atoms with Crippen LogP contribution in [-0.2, 0) is 9.53 Å². The minimum Gasteiger partial charge on any atom is -0.463 e. The Morgan fingerprint density at radius 1 is 1.15 bits per heavy atom.